The minimum Gasteiger partial charge on any atom is -0.345 e. The molecule has 112 valence electrons. The van der Waals surface area contributed by atoms with Gasteiger partial charge in [0.2, 0.25) is 0 Å². The number of para-hydroxylation sites is 1. The van der Waals surface area contributed by atoms with Crippen LogP contribution in [0.5, 0.6) is 0 Å². The number of rotatable bonds is 4. The lowest BCUT2D eigenvalue weighted by molar-refractivity contribution is 0.0882. The number of nitrogens with one attached hydrogen (secondary N) is 2. The van der Waals surface area contributed by atoms with Gasteiger partial charge in [0, 0.05) is 12.1 Å². The number of carbonyl (C=O) groups excluding carboxylic acids is 1. The molecule has 5 heteroatoms. The highest BCUT2D eigenvalue weighted by atomic mass is 16.2. The molecule has 0 spiro atoms. The number of aromatic amines is 1. The van der Waals surface area contributed by atoms with Gasteiger partial charge in [0.05, 0.1) is 5.54 Å². The molecule has 1 aromatic heterocycles. The normalized spacial score (nSPS) is 14.1. The van der Waals surface area contributed by atoms with Crippen molar-refractivity contribution in [1.29, 1.82) is 0 Å². The molecule has 2 aromatic rings. The third-order valence-electron chi connectivity index (χ3n) is 4.10. The van der Waals surface area contributed by atoms with Gasteiger partial charge >= 0.3 is 0 Å². The van der Waals surface area contributed by atoms with Crippen LogP contribution in [-0.4, -0.2) is 23.0 Å². The Balaban J connectivity index is 2.40. The molecule has 0 aliphatic carbocycles. The Morgan fingerprint density at radius 1 is 1.38 bits per heavy atom. The molecular formula is C16H21N3O2. The molecule has 1 aromatic carbocycles. The van der Waals surface area contributed by atoms with E-state index in [2.05, 4.69) is 10.3 Å². The Morgan fingerprint density at radius 3 is 2.67 bits per heavy atom. The Kier molecular flexibility index (Phi) is 4.14. The molecule has 0 aliphatic rings. The van der Waals surface area contributed by atoms with Gasteiger partial charge in [-0.15, -0.1) is 0 Å². The monoisotopic (exact) mass is 287 g/mol. The molecule has 21 heavy (non-hydrogen) atoms. The highest BCUT2D eigenvalue weighted by Crippen LogP contribution is 2.16. The molecule has 0 aliphatic heterocycles. The predicted octanol–water partition coefficient (Wildman–Crippen LogP) is 1.63. The number of benzene rings is 1. The lowest BCUT2D eigenvalue weighted by Crippen LogP contribution is -2.55. The lowest BCUT2D eigenvalue weighted by Gasteiger charge is -2.33. The van der Waals surface area contributed by atoms with E-state index in [1.807, 2.05) is 39.0 Å². The van der Waals surface area contributed by atoms with Crippen LogP contribution in [-0.2, 0) is 0 Å². The number of hydrogen-bond donors (Lipinski definition) is 3. The summed E-state index contributed by atoms with van der Waals surface area (Å²) in [4.78, 5) is 27.2. The smallest absolute Gasteiger partial charge is 0.261 e. The van der Waals surface area contributed by atoms with Crippen molar-refractivity contribution in [3.63, 3.8) is 0 Å². The number of pyridine rings is 1. The standard InChI is InChI=1S/C16H21N3O2/c1-10(2)16(3,9-17)19-15(21)12-8-11-6-4-5-7-13(11)18-14(12)20/h4-8,10H,9,17H2,1-3H3,(H,18,20)(H,19,21). The summed E-state index contributed by atoms with van der Waals surface area (Å²) in [5.74, 6) is -0.241. The van der Waals surface area contributed by atoms with Gasteiger partial charge in [0.15, 0.2) is 0 Å². The second kappa shape index (κ2) is 5.69. The first-order chi connectivity index (χ1) is 9.87. The van der Waals surface area contributed by atoms with Crippen molar-refractivity contribution in [3.05, 3.63) is 46.2 Å². The molecule has 4 N–H and O–H groups in total. The number of carbonyl (C=O) groups is 1. The second-order valence-electron chi connectivity index (χ2n) is 5.83. The SMILES string of the molecule is CC(C)C(C)(CN)NC(=O)c1cc2ccccc2[nH]c1=O. The minimum absolute atomic E-state index is 0.106. The maximum atomic E-state index is 12.4. The summed E-state index contributed by atoms with van der Waals surface area (Å²) in [7, 11) is 0. The van der Waals surface area contributed by atoms with E-state index in [1.54, 1.807) is 12.1 Å². The molecule has 0 fully saturated rings. The zero-order valence-electron chi connectivity index (χ0n) is 12.6. The highest BCUT2D eigenvalue weighted by Gasteiger charge is 2.29. The highest BCUT2D eigenvalue weighted by molar-refractivity contribution is 5.97. The van der Waals surface area contributed by atoms with E-state index in [0.29, 0.717) is 12.1 Å². The summed E-state index contributed by atoms with van der Waals surface area (Å²) >= 11 is 0. The molecule has 0 saturated heterocycles. The molecule has 1 heterocycles. The molecule has 1 unspecified atom stereocenters. The first kappa shape index (κ1) is 15.3. The quantitative estimate of drug-likeness (QED) is 0.798. The van der Waals surface area contributed by atoms with E-state index in [0.717, 1.165) is 5.39 Å². The summed E-state index contributed by atoms with van der Waals surface area (Å²) < 4.78 is 0. The van der Waals surface area contributed by atoms with E-state index in [-0.39, 0.29) is 11.5 Å². The lowest BCUT2D eigenvalue weighted by atomic mass is 9.88. The van der Waals surface area contributed by atoms with Crippen molar-refractivity contribution in [2.24, 2.45) is 11.7 Å². The van der Waals surface area contributed by atoms with Gasteiger partial charge < -0.3 is 16.0 Å². The average molecular weight is 287 g/mol. The Labute approximate surface area is 123 Å². The van der Waals surface area contributed by atoms with Crippen molar-refractivity contribution < 1.29 is 4.79 Å². The summed E-state index contributed by atoms with van der Waals surface area (Å²) in [6.45, 7) is 6.15. The molecular weight excluding hydrogens is 266 g/mol. The maximum Gasteiger partial charge on any atom is 0.261 e. The first-order valence-corrected chi connectivity index (χ1v) is 7.02. The minimum atomic E-state index is -0.546. The van der Waals surface area contributed by atoms with Gasteiger partial charge in [0.1, 0.15) is 5.56 Å². The topological polar surface area (TPSA) is 88.0 Å². The van der Waals surface area contributed by atoms with E-state index in [1.165, 1.54) is 0 Å². The van der Waals surface area contributed by atoms with Crippen molar-refractivity contribution >= 4 is 16.8 Å². The molecule has 0 bridgehead atoms. The van der Waals surface area contributed by atoms with Crippen molar-refractivity contribution in [1.82, 2.24) is 10.3 Å². The summed E-state index contributed by atoms with van der Waals surface area (Å²) in [5.41, 5.74) is 5.64. The number of nitrogens with two attached hydrogens (primary N) is 1. The Bertz CT molecular complexity index is 721. The third kappa shape index (κ3) is 2.97. The van der Waals surface area contributed by atoms with Crippen LogP contribution in [0.1, 0.15) is 31.1 Å². The van der Waals surface area contributed by atoms with Gasteiger partial charge in [-0.05, 0) is 30.4 Å². The largest absolute Gasteiger partial charge is 0.345 e. The molecule has 5 nitrogen and oxygen atoms in total. The van der Waals surface area contributed by atoms with E-state index >= 15 is 0 Å². The second-order valence-corrected chi connectivity index (χ2v) is 5.83. The van der Waals surface area contributed by atoms with Crippen molar-refractivity contribution in [3.8, 4) is 0 Å². The molecule has 1 amide bonds. The zero-order chi connectivity index (χ0) is 15.6. The fourth-order valence-corrected chi connectivity index (χ4v) is 2.07. The molecule has 2 rings (SSSR count). The van der Waals surface area contributed by atoms with Gasteiger partial charge in [-0.25, -0.2) is 0 Å². The number of hydrogen-bond acceptors (Lipinski definition) is 3. The van der Waals surface area contributed by atoms with Crippen LogP contribution >= 0.6 is 0 Å². The van der Waals surface area contributed by atoms with Crippen LogP contribution < -0.4 is 16.6 Å². The van der Waals surface area contributed by atoms with Gasteiger partial charge in [-0.3, -0.25) is 9.59 Å². The van der Waals surface area contributed by atoms with Crippen LogP contribution in [0.2, 0.25) is 0 Å². The zero-order valence-corrected chi connectivity index (χ0v) is 12.6. The van der Waals surface area contributed by atoms with Crippen LogP contribution in [0, 0.1) is 5.92 Å². The number of H-pyrrole nitrogens is 1. The molecule has 0 radical (unpaired) electrons. The fourth-order valence-electron chi connectivity index (χ4n) is 2.07. The number of fused-ring (bicyclic) bond motifs is 1. The summed E-state index contributed by atoms with van der Waals surface area (Å²) in [6, 6.07) is 8.96. The van der Waals surface area contributed by atoms with Gasteiger partial charge in [-0.2, -0.15) is 0 Å². The fraction of sp³-hybridized carbons (Fsp3) is 0.375. The van der Waals surface area contributed by atoms with Crippen LogP contribution in [0.25, 0.3) is 10.9 Å². The number of amides is 1. The van der Waals surface area contributed by atoms with E-state index < -0.39 is 17.0 Å². The first-order valence-electron chi connectivity index (χ1n) is 7.02. The molecule has 1 atom stereocenters. The van der Waals surface area contributed by atoms with Crippen LogP contribution in [0.15, 0.2) is 35.1 Å². The van der Waals surface area contributed by atoms with E-state index in [4.69, 9.17) is 5.73 Å². The van der Waals surface area contributed by atoms with E-state index in [9.17, 15) is 9.59 Å². The van der Waals surface area contributed by atoms with Crippen molar-refractivity contribution in [2.45, 2.75) is 26.3 Å². The van der Waals surface area contributed by atoms with Gasteiger partial charge in [0.25, 0.3) is 11.5 Å². The van der Waals surface area contributed by atoms with Crippen LogP contribution in [0.4, 0.5) is 0 Å². The predicted molar refractivity (Wildman–Crippen MR) is 84.3 cm³/mol. The average Bonchev–Trinajstić information content (AvgIpc) is 2.46. The van der Waals surface area contributed by atoms with Crippen molar-refractivity contribution in [2.75, 3.05) is 6.54 Å². The third-order valence-corrected chi connectivity index (χ3v) is 4.10. The summed E-state index contributed by atoms with van der Waals surface area (Å²) in [5, 5.41) is 3.70. The van der Waals surface area contributed by atoms with Crippen LogP contribution in [0.3, 0.4) is 0 Å². The van der Waals surface area contributed by atoms with Gasteiger partial charge in [-0.1, -0.05) is 32.0 Å². The molecule has 0 saturated carbocycles. The summed E-state index contributed by atoms with van der Waals surface area (Å²) in [6.07, 6.45) is 0. The maximum absolute atomic E-state index is 12.4. The Morgan fingerprint density at radius 2 is 2.05 bits per heavy atom. The Hall–Kier alpha value is -2.14. The number of aromatic nitrogens is 1.